The van der Waals surface area contributed by atoms with E-state index >= 15 is 0 Å². The summed E-state index contributed by atoms with van der Waals surface area (Å²) in [5.41, 5.74) is 0. The van der Waals surface area contributed by atoms with Crippen LogP contribution in [0.15, 0.2) is 0 Å². The lowest BCUT2D eigenvalue weighted by Crippen LogP contribution is -2.36. The predicted octanol–water partition coefficient (Wildman–Crippen LogP) is 1.50. The Kier molecular flexibility index (Phi) is 6.22. The summed E-state index contributed by atoms with van der Waals surface area (Å²) in [6, 6.07) is 0. The Morgan fingerprint density at radius 1 is 1.29 bits per heavy atom. The molecule has 0 radical (unpaired) electrons. The summed E-state index contributed by atoms with van der Waals surface area (Å²) < 4.78 is 40.0. The highest BCUT2D eigenvalue weighted by Crippen LogP contribution is 2.15. The minimum Gasteiger partial charge on any atom is -0.371 e. The third-order valence-electron chi connectivity index (χ3n) is 2.91. The fourth-order valence-electron chi connectivity index (χ4n) is 2.00. The highest BCUT2D eigenvalue weighted by Gasteiger charge is 2.27. The second-order valence-electron chi connectivity index (χ2n) is 4.62. The van der Waals surface area contributed by atoms with Crippen molar-refractivity contribution in [3.63, 3.8) is 0 Å². The lowest BCUT2D eigenvalue weighted by Gasteiger charge is -2.27. The van der Waals surface area contributed by atoms with Crippen LogP contribution < -0.4 is 5.32 Å². The molecule has 1 rings (SSSR count). The number of rotatable bonds is 6. The van der Waals surface area contributed by atoms with Crippen LogP contribution in [-0.4, -0.2) is 57.5 Å². The average Bonchev–Trinajstić information content (AvgIpc) is 2.25. The van der Waals surface area contributed by atoms with Gasteiger partial charge in [-0.1, -0.05) is 0 Å². The number of nitrogens with one attached hydrogen (secondary N) is 1. The standard InChI is InChI=1S/C11H21F3N2O/c1-16(6-7-17-9-11(12,13)14)8-10-2-4-15-5-3-10/h10,15H,2-9H2,1H3. The molecule has 17 heavy (non-hydrogen) atoms. The predicted molar refractivity (Wildman–Crippen MR) is 60.0 cm³/mol. The third-order valence-corrected chi connectivity index (χ3v) is 2.91. The molecule has 0 bridgehead atoms. The molecule has 1 heterocycles. The van der Waals surface area contributed by atoms with Crippen LogP contribution in [-0.2, 0) is 4.74 Å². The molecule has 0 amide bonds. The van der Waals surface area contributed by atoms with Crippen LogP contribution >= 0.6 is 0 Å². The molecular formula is C11H21F3N2O. The summed E-state index contributed by atoms with van der Waals surface area (Å²) >= 11 is 0. The van der Waals surface area contributed by atoms with Crippen molar-refractivity contribution in [2.45, 2.75) is 19.0 Å². The summed E-state index contributed by atoms with van der Waals surface area (Å²) in [7, 11) is 1.93. The fraction of sp³-hybridized carbons (Fsp3) is 1.00. The Bertz CT molecular complexity index is 205. The van der Waals surface area contributed by atoms with Crippen molar-refractivity contribution in [3.05, 3.63) is 0 Å². The molecule has 6 heteroatoms. The molecule has 0 unspecified atom stereocenters. The van der Waals surface area contributed by atoms with E-state index in [9.17, 15) is 13.2 Å². The van der Waals surface area contributed by atoms with Crippen LogP contribution in [0, 0.1) is 5.92 Å². The van der Waals surface area contributed by atoms with Gasteiger partial charge < -0.3 is 15.0 Å². The zero-order chi connectivity index (χ0) is 12.7. The van der Waals surface area contributed by atoms with Crippen LogP contribution in [0.25, 0.3) is 0 Å². The van der Waals surface area contributed by atoms with Crippen LogP contribution in [0.3, 0.4) is 0 Å². The van der Waals surface area contributed by atoms with Gasteiger partial charge in [0.05, 0.1) is 6.61 Å². The van der Waals surface area contributed by atoms with Gasteiger partial charge >= 0.3 is 6.18 Å². The Balaban J connectivity index is 2.02. The molecule has 1 N–H and O–H groups in total. The average molecular weight is 254 g/mol. The second kappa shape index (κ2) is 7.18. The van der Waals surface area contributed by atoms with Crippen molar-refractivity contribution in [2.24, 2.45) is 5.92 Å². The molecule has 1 aliphatic heterocycles. The number of likely N-dealkylation sites (N-methyl/N-ethyl adjacent to an activating group) is 1. The Labute approximate surface area is 100 Å². The van der Waals surface area contributed by atoms with Gasteiger partial charge in [0.2, 0.25) is 0 Å². The molecule has 1 aliphatic rings. The van der Waals surface area contributed by atoms with E-state index in [0.717, 1.165) is 32.5 Å². The first-order chi connectivity index (χ1) is 7.97. The lowest BCUT2D eigenvalue weighted by atomic mass is 9.98. The van der Waals surface area contributed by atoms with Gasteiger partial charge in [-0.2, -0.15) is 13.2 Å². The van der Waals surface area contributed by atoms with Gasteiger partial charge in [-0.3, -0.25) is 0 Å². The summed E-state index contributed by atoms with van der Waals surface area (Å²) in [6.07, 6.45) is -1.92. The van der Waals surface area contributed by atoms with E-state index in [1.807, 2.05) is 11.9 Å². The van der Waals surface area contributed by atoms with Gasteiger partial charge in [0.1, 0.15) is 6.61 Å². The highest BCUT2D eigenvalue weighted by molar-refractivity contribution is 4.71. The number of alkyl halides is 3. The van der Waals surface area contributed by atoms with E-state index in [2.05, 4.69) is 10.1 Å². The smallest absolute Gasteiger partial charge is 0.371 e. The van der Waals surface area contributed by atoms with Crippen LogP contribution in [0.5, 0.6) is 0 Å². The molecular weight excluding hydrogens is 233 g/mol. The van der Waals surface area contributed by atoms with Gasteiger partial charge in [0, 0.05) is 13.1 Å². The van der Waals surface area contributed by atoms with Crippen molar-refractivity contribution < 1.29 is 17.9 Å². The minimum absolute atomic E-state index is 0.140. The molecule has 102 valence electrons. The lowest BCUT2D eigenvalue weighted by molar-refractivity contribution is -0.174. The van der Waals surface area contributed by atoms with E-state index in [0.29, 0.717) is 12.5 Å². The number of hydrogen-bond acceptors (Lipinski definition) is 3. The van der Waals surface area contributed by atoms with Crippen molar-refractivity contribution in [1.29, 1.82) is 0 Å². The van der Waals surface area contributed by atoms with E-state index < -0.39 is 12.8 Å². The van der Waals surface area contributed by atoms with E-state index in [-0.39, 0.29) is 6.61 Å². The summed E-state index contributed by atoms with van der Waals surface area (Å²) in [6.45, 7) is 2.58. The number of ether oxygens (including phenoxy) is 1. The number of piperidine rings is 1. The molecule has 1 fully saturated rings. The van der Waals surface area contributed by atoms with E-state index in [1.54, 1.807) is 0 Å². The van der Waals surface area contributed by atoms with Crippen molar-refractivity contribution in [1.82, 2.24) is 10.2 Å². The third kappa shape index (κ3) is 7.57. The number of nitrogens with zero attached hydrogens (tertiary/aromatic N) is 1. The van der Waals surface area contributed by atoms with E-state index in [4.69, 9.17) is 0 Å². The first-order valence-electron chi connectivity index (χ1n) is 6.01. The van der Waals surface area contributed by atoms with Crippen molar-refractivity contribution >= 4 is 0 Å². The molecule has 0 aliphatic carbocycles. The number of hydrogen-bond donors (Lipinski definition) is 1. The maximum Gasteiger partial charge on any atom is 0.411 e. The zero-order valence-electron chi connectivity index (χ0n) is 10.2. The van der Waals surface area contributed by atoms with Gasteiger partial charge in [0.15, 0.2) is 0 Å². The quantitative estimate of drug-likeness (QED) is 0.727. The maximum absolute atomic E-state index is 11.8. The number of halogens is 3. The van der Waals surface area contributed by atoms with Gasteiger partial charge in [-0.25, -0.2) is 0 Å². The van der Waals surface area contributed by atoms with E-state index in [1.165, 1.54) is 0 Å². The molecule has 0 aromatic carbocycles. The first kappa shape index (κ1) is 14.7. The fourth-order valence-corrected chi connectivity index (χ4v) is 2.00. The first-order valence-corrected chi connectivity index (χ1v) is 6.01. The van der Waals surface area contributed by atoms with Crippen molar-refractivity contribution in [2.75, 3.05) is 46.4 Å². The normalized spacial score (nSPS) is 18.9. The molecule has 0 aromatic rings. The second-order valence-corrected chi connectivity index (χ2v) is 4.62. The summed E-state index contributed by atoms with van der Waals surface area (Å²) in [4.78, 5) is 2.05. The van der Waals surface area contributed by atoms with Crippen LogP contribution in [0.1, 0.15) is 12.8 Å². The maximum atomic E-state index is 11.8. The highest BCUT2D eigenvalue weighted by atomic mass is 19.4. The van der Waals surface area contributed by atoms with Gasteiger partial charge in [-0.05, 0) is 38.9 Å². The molecule has 0 saturated carbocycles. The summed E-state index contributed by atoms with van der Waals surface area (Å²) in [5, 5.41) is 3.29. The Morgan fingerprint density at radius 2 is 1.94 bits per heavy atom. The SMILES string of the molecule is CN(CCOCC(F)(F)F)CC1CCNCC1. The molecule has 3 nitrogen and oxygen atoms in total. The zero-order valence-corrected chi connectivity index (χ0v) is 10.2. The largest absolute Gasteiger partial charge is 0.411 e. The molecule has 1 saturated heterocycles. The van der Waals surface area contributed by atoms with Crippen LogP contribution in [0.4, 0.5) is 13.2 Å². The van der Waals surface area contributed by atoms with Crippen LogP contribution in [0.2, 0.25) is 0 Å². The Hall–Kier alpha value is -0.330. The van der Waals surface area contributed by atoms with Crippen molar-refractivity contribution in [3.8, 4) is 0 Å². The Morgan fingerprint density at radius 3 is 2.53 bits per heavy atom. The monoisotopic (exact) mass is 254 g/mol. The molecule has 0 spiro atoms. The molecule has 0 atom stereocenters. The topological polar surface area (TPSA) is 24.5 Å². The van der Waals surface area contributed by atoms with Gasteiger partial charge in [-0.15, -0.1) is 0 Å². The minimum atomic E-state index is -4.21. The van der Waals surface area contributed by atoms with Gasteiger partial charge in [0.25, 0.3) is 0 Å². The summed E-state index contributed by atoms with van der Waals surface area (Å²) in [5.74, 6) is 0.656. The molecule has 0 aromatic heterocycles.